The Hall–Kier alpha value is -1.52. The lowest BCUT2D eigenvalue weighted by Crippen LogP contribution is -2.00. The molecule has 0 amide bonds. The monoisotopic (exact) mass is 228 g/mol. The molecule has 0 atom stereocenters. The summed E-state index contributed by atoms with van der Waals surface area (Å²) in [6, 6.07) is 1.10. The molecule has 0 bridgehead atoms. The van der Waals surface area contributed by atoms with Crippen molar-refractivity contribution in [3.8, 4) is 0 Å². The Morgan fingerprint density at radius 2 is 2.00 bits per heavy atom. The Bertz CT molecular complexity index is 517. The summed E-state index contributed by atoms with van der Waals surface area (Å²) in [5.74, 6) is -0.781. The van der Waals surface area contributed by atoms with E-state index in [-0.39, 0.29) is 11.6 Å². The van der Waals surface area contributed by atoms with Gasteiger partial charge in [-0.2, -0.15) is 0 Å². The molecule has 5 heteroatoms. The molecule has 0 aliphatic carbocycles. The molecule has 2 rings (SSSR count). The molecule has 0 aliphatic rings. The standard InChI is InChI=1S/C11H11F3N2/c1-6(2)8-5-15-11-9(12)7(10(13)14)3-4-16(8)11/h3-6,10H,1-2H3. The van der Waals surface area contributed by atoms with Crippen molar-refractivity contribution < 1.29 is 13.2 Å². The molecule has 0 aliphatic heterocycles. The molecule has 0 saturated heterocycles. The van der Waals surface area contributed by atoms with Crippen molar-refractivity contribution in [1.29, 1.82) is 0 Å². The van der Waals surface area contributed by atoms with E-state index in [1.54, 1.807) is 0 Å². The second-order valence-electron chi connectivity index (χ2n) is 3.92. The molecule has 0 unspecified atom stereocenters. The van der Waals surface area contributed by atoms with Gasteiger partial charge < -0.3 is 4.40 Å². The number of halogens is 3. The van der Waals surface area contributed by atoms with Crippen LogP contribution in [0.3, 0.4) is 0 Å². The zero-order valence-electron chi connectivity index (χ0n) is 8.92. The minimum atomic E-state index is -2.82. The predicted molar refractivity (Wildman–Crippen MR) is 54.2 cm³/mol. The van der Waals surface area contributed by atoms with Crippen molar-refractivity contribution in [2.75, 3.05) is 0 Å². The predicted octanol–water partition coefficient (Wildman–Crippen LogP) is 3.53. The Kier molecular flexibility index (Phi) is 2.61. The first-order valence-electron chi connectivity index (χ1n) is 4.96. The fourth-order valence-electron chi connectivity index (χ4n) is 1.65. The summed E-state index contributed by atoms with van der Waals surface area (Å²) in [5.41, 5.74) is 0.157. The summed E-state index contributed by atoms with van der Waals surface area (Å²) < 4.78 is 40.0. The first kappa shape index (κ1) is 11.0. The number of alkyl halides is 2. The molecule has 0 saturated carbocycles. The molecular weight excluding hydrogens is 217 g/mol. The van der Waals surface area contributed by atoms with Gasteiger partial charge in [-0.05, 0) is 12.0 Å². The topological polar surface area (TPSA) is 17.3 Å². The number of hydrogen-bond acceptors (Lipinski definition) is 1. The van der Waals surface area contributed by atoms with Crippen LogP contribution < -0.4 is 0 Å². The summed E-state index contributed by atoms with van der Waals surface area (Å²) in [5, 5.41) is 0. The Morgan fingerprint density at radius 1 is 1.31 bits per heavy atom. The molecule has 0 aromatic carbocycles. The van der Waals surface area contributed by atoms with E-state index in [1.165, 1.54) is 16.8 Å². The summed E-state index contributed by atoms with van der Waals surface area (Å²) in [6.45, 7) is 3.87. The molecular formula is C11H11F3N2. The minimum Gasteiger partial charge on any atom is -0.301 e. The maximum atomic E-state index is 13.6. The molecule has 2 heterocycles. The SMILES string of the molecule is CC(C)c1cnc2c(F)c(C(F)F)ccn12. The number of imidazole rings is 1. The lowest BCUT2D eigenvalue weighted by molar-refractivity contribution is 0.146. The van der Waals surface area contributed by atoms with Gasteiger partial charge in [-0.25, -0.2) is 18.2 Å². The Morgan fingerprint density at radius 3 is 2.56 bits per heavy atom. The van der Waals surface area contributed by atoms with Crippen LogP contribution in [0, 0.1) is 5.82 Å². The second kappa shape index (κ2) is 3.81. The van der Waals surface area contributed by atoms with Gasteiger partial charge in [0.25, 0.3) is 6.43 Å². The van der Waals surface area contributed by atoms with Crippen LogP contribution in [0.1, 0.15) is 37.4 Å². The van der Waals surface area contributed by atoms with Crippen LogP contribution in [-0.4, -0.2) is 9.38 Å². The average molecular weight is 228 g/mol. The van der Waals surface area contributed by atoms with E-state index in [0.29, 0.717) is 0 Å². The molecule has 16 heavy (non-hydrogen) atoms. The fraction of sp³-hybridized carbons (Fsp3) is 0.364. The van der Waals surface area contributed by atoms with Gasteiger partial charge in [-0.3, -0.25) is 0 Å². The molecule has 0 spiro atoms. The van der Waals surface area contributed by atoms with Gasteiger partial charge in [0.05, 0.1) is 5.56 Å². The number of nitrogens with zero attached hydrogens (tertiary/aromatic N) is 2. The zero-order chi connectivity index (χ0) is 11.9. The van der Waals surface area contributed by atoms with Crippen LogP contribution in [-0.2, 0) is 0 Å². The van der Waals surface area contributed by atoms with Crippen LogP contribution in [0.2, 0.25) is 0 Å². The molecule has 2 aromatic rings. The van der Waals surface area contributed by atoms with Crippen LogP contribution in [0.15, 0.2) is 18.5 Å². The first-order chi connectivity index (χ1) is 7.52. The van der Waals surface area contributed by atoms with Gasteiger partial charge in [0.1, 0.15) is 0 Å². The quantitative estimate of drug-likeness (QED) is 0.768. The molecule has 86 valence electrons. The largest absolute Gasteiger partial charge is 0.301 e. The summed E-state index contributed by atoms with van der Waals surface area (Å²) in [4.78, 5) is 3.84. The molecule has 0 N–H and O–H groups in total. The van der Waals surface area contributed by atoms with Crippen LogP contribution in [0.25, 0.3) is 5.65 Å². The summed E-state index contributed by atoms with van der Waals surface area (Å²) in [7, 11) is 0. The minimum absolute atomic E-state index is 0.0403. The van der Waals surface area contributed by atoms with E-state index in [4.69, 9.17) is 0 Å². The maximum absolute atomic E-state index is 13.6. The number of rotatable bonds is 2. The van der Waals surface area contributed by atoms with Crippen molar-refractivity contribution in [2.24, 2.45) is 0 Å². The van der Waals surface area contributed by atoms with Crippen molar-refractivity contribution in [3.05, 3.63) is 35.5 Å². The Labute approximate surface area is 90.7 Å². The molecule has 2 nitrogen and oxygen atoms in total. The molecule has 2 aromatic heterocycles. The normalized spacial score (nSPS) is 11.9. The van der Waals surface area contributed by atoms with Gasteiger partial charge in [0, 0.05) is 18.1 Å². The van der Waals surface area contributed by atoms with Gasteiger partial charge in [0.15, 0.2) is 11.5 Å². The number of pyridine rings is 1. The van der Waals surface area contributed by atoms with Gasteiger partial charge in [-0.1, -0.05) is 13.8 Å². The van der Waals surface area contributed by atoms with E-state index in [9.17, 15) is 13.2 Å². The van der Waals surface area contributed by atoms with E-state index in [0.717, 1.165) is 11.8 Å². The fourth-order valence-corrected chi connectivity index (χ4v) is 1.65. The number of aromatic nitrogens is 2. The van der Waals surface area contributed by atoms with Crippen molar-refractivity contribution in [3.63, 3.8) is 0 Å². The average Bonchev–Trinajstić information content (AvgIpc) is 2.61. The highest BCUT2D eigenvalue weighted by Gasteiger charge is 2.18. The lowest BCUT2D eigenvalue weighted by atomic mass is 10.1. The van der Waals surface area contributed by atoms with E-state index < -0.39 is 17.8 Å². The smallest absolute Gasteiger partial charge is 0.266 e. The summed E-state index contributed by atoms with van der Waals surface area (Å²) in [6.07, 6.45) is 0.129. The highest BCUT2D eigenvalue weighted by molar-refractivity contribution is 5.46. The van der Waals surface area contributed by atoms with Crippen molar-refractivity contribution in [1.82, 2.24) is 9.38 Å². The van der Waals surface area contributed by atoms with Gasteiger partial charge in [-0.15, -0.1) is 0 Å². The van der Waals surface area contributed by atoms with Crippen LogP contribution >= 0.6 is 0 Å². The zero-order valence-corrected chi connectivity index (χ0v) is 8.92. The van der Waals surface area contributed by atoms with E-state index >= 15 is 0 Å². The third-order valence-electron chi connectivity index (χ3n) is 2.51. The van der Waals surface area contributed by atoms with Crippen LogP contribution in [0.4, 0.5) is 13.2 Å². The molecule has 0 radical (unpaired) electrons. The van der Waals surface area contributed by atoms with E-state index in [2.05, 4.69) is 4.98 Å². The first-order valence-corrected chi connectivity index (χ1v) is 4.96. The third kappa shape index (κ3) is 1.56. The summed E-state index contributed by atoms with van der Waals surface area (Å²) >= 11 is 0. The lowest BCUT2D eigenvalue weighted by Gasteiger charge is -2.07. The van der Waals surface area contributed by atoms with E-state index in [1.807, 2.05) is 13.8 Å². The third-order valence-corrected chi connectivity index (χ3v) is 2.51. The molecule has 0 fully saturated rings. The Balaban J connectivity index is 2.69. The maximum Gasteiger partial charge on any atom is 0.266 e. The van der Waals surface area contributed by atoms with Gasteiger partial charge in [0.2, 0.25) is 0 Å². The highest BCUT2D eigenvalue weighted by Crippen LogP contribution is 2.26. The van der Waals surface area contributed by atoms with Crippen LogP contribution in [0.5, 0.6) is 0 Å². The second-order valence-corrected chi connectivity index (χ2v) is 3.92. The number of fused-ring (bicyclic) bond motifs is 1. The highest BCUT2D eigenvalue weighted by atomic mass is 19.3. The van der Waals surface area contributed by atoms with Crippen molar-refractivity contribution in [2.45, 2.75) is 26.2 Å². The number of hydrogen-bond donors (Lipinski definition) is 0. The van der Waals surface area contributed by atoms with Crippen molar-refractivity contribution >= 4 is 5.65 Å². The van der Waals surface area contributed by atoms with Gasteiger partial charge >= 0.3 is 0 Å².